The third-order valence-electron chi connectivity index (χ3n) is 7.63. The number of thiophene rings is 1. The maximum Gasteiger partial charge on any atom is 0.356 e. The average Bonchev–Trinajstić information content (AvgIpc) is 3.15. The number of hydrogen-bond donors (Lipinski definition) is 1. The molecule has 42 heavy (non-hydrogen) atoms. The molecule has 1 atom stereocenters. The summed E-state index contributed by atoms with van der Waals surface area (Å²) >= 11 is 1.38. The minimum atomic E-state index is -1.21. The van der Waals surface area contributed by atoms with E-state index < -0.39 is 23.9 Å². The molecule has 2 aromatic heterocycles. The number of hydrogen-bond acceptors (Lipinski definition) is 7. The highest BCUT2D eigenvalue weighted by molar-refractivity contribution is 7.17. The zero-order chi connectivity index (χ0) is 30.0. The van der Waals surface area contributed by atoms with Crippen LogP contribution in [-0.2, 0) is 34.2 Å². The number of nitrogens with one attached hydrogen (secondary N) is 1. The van der Waals surface area contributed by atoms with Crippen LogP contribution < -0.4 is 10.9 Å². The molecule has 8 nitrogen and oxygen atoms in total. The number of anilines is 1. The number of carbonyl (C=O) groups is 3. The minimum Gasteiger partial charge on any atom is -0.462 e. The second-order valence-electron chi connectivity index (χ2n) is 10.5. The Morgan fingerprint density at radius 3 is 2.38 bits per heavy atom. The molecule has 1 aliphatic carbocycles. The third kappa shape index (κ3) is 5.61. The molecular weight excluding hydrogens is 552 g/mol. The Hall–Kier alpha value is -4.24. The fourth-order valence-corrected chi connectivity index (χ4v) is 6.73. The number of aryl methyl sites for hydroxylation is 2. The first-order valence-corrected chi connectivity index (χ1v) is 15.0. The van der Waals surface area contributed by atoms with Crippen molar-refractivity contribution in [1.29, 1.82) is 0 Å². The van der Waals surface area contributed by atoms with E-state index in [4.69, 9.17) is 9.47 Å². The van der Waals surface area contributed by atoms with Gasteiger partial charge in [-0.1, -0.05) is 54.4 Å². The van der Waals surface area contributed by atoms with E-state index in [-0.39, 0.29) is 17.9 Å². The number of benzene rings is 2. The van der Waals surface area contributed by atoms with Crippen molar-refractivity contribution in [3.8, 4) is 11.1 Å². The summed E-state index contributed by atoms with van der Waals surface area (Å²) in [4.78, 5) is 54.3. The van der Waals surface area contributed by atoms with Crippen molar-refractivity contribution in [2.75, 3.05) is 11.9 Å². The van der Waals surface area contributed by atoms with Gasteiger partial charge in [-0.3, -0.25) is 9.59 Å². The van der Waals surface area contributed by atoms with Crippen molar-refractivity contribution in [2.24, 2.45) is 7.05 Å². The largest absolute Gasteiger partial charge is 0.462 e. The van der Waals surface area contributed by atoms with Crippen molar-refractivity contribution in [1.82, 2.24) is 4.57 Å². The van der Waals surface area contributed by atoms with Crippen LogP contribution in [0.1, 0.15) is 70.0 Å². The number of pyridine rings is 1. The lowest BCUT2D eigenvalue weighted by Crippen LogP contribution is -2.33. The minimum absolute atomic E-state index is 0.0530. The van der Waals surface area contributed by atoms with E-state index in [1.807, 2.05) is 37.3 Å². The molecule has 0 saturated carbocycles. The summed E-state index contributed by atoms with van der Waals surface area (Å²) in [5, 5.41) is 4.33. The van der Waals surface area contributed by atoms with Gasteiger partial charge in [-0.15, -0.1) is 11.3 Å². The first kappa shape index (κ1) is 29.3. The van der Waals surface area contributed by atoms with Crippen LogP contribution in [0.4, 0.5) is 5.00 Å². The van der Waals surface area contributed by atoms with Crippen LogP contribution in [0.5, 0.6) is 0 Å². The topological polar surface area (TPSA) is 104 Å². The molecule has 1 amide bonds. The van der Waals surface area contributed by atoms with Gasteiger partial charge in [0.15, 0.2) is 6.10 Å². The zero-order valence-corrected chi connectivity index (χ0v) is 25.1. The fourth-order valence-electron chi connectivity index (χ4n) is 5.45. The van der Waals surface area contributed by atoms with E-state index in [9.17, 15) is 19.2 Å². The van der Waals surface area contributed by atoms with Crippen molar-refractivity contribution in [2.45, 2.75) is 59.0 Å². The number of fused-ring (bicyclic) bond motifs is 2. The Kier molecular flexibility index (Phi) is 8.59. The number of aromatic nitrogens is 1. The van der Waals surface area contributed by atoms with Gasteiger partial charge in [0, 0.05) is 22.9 Å². The molecule has 1 aliphatic rings. The van der Waals surface area contributed by atoms with E-state index in [1.165, 1.54) is 29.9 Å². The van der Waals surface area contributed by atoms with Crippen LogP contribution in [-0.4, -0.2) is 35.1 Å². The smallest absolute Gasteiger partial charge is 0.356 e. The lowest BCUT2D eigenvalue weighted by atomic mass is 9.96. The Bertz CT molecular complexity index is 1730. The van der Waals surface area contributed by atoms with Gasteiger partial charge in [-0.2, -0.15) is 0 Å². The first-order chi connectivity index (χ1) is 20.2. The number of rotatable bonds is 7. The maximum atomic E-state index is 13.7. The molecule has 0 fully saturated rings. The Morgan fingerprint density at radius 2 is 1.67 bits per heavy atom. The molecule has 9 heteroatoms. The summed E-state index contributed by atoms with van der Waals surface area (Å²) in [5.41, 5.74) is 3.39. The molecule has 0 saturated heterocycles. The Balaban J connectivity index is 1.47. The molecule has 0 radical (unpaired) electrons. The van der Waals surface area contributed by atoms with Crippen LogP contribution in [0, 0.1) is 6.92 Å². The van der Waals surface area contributed by atoms with Gasteiger partial charge in [-0.25, -0.2) is 9.59 Å². The molecule has 4 aromatic rings. The highest BCUT2D eigenvalue weighted by Crippen LogP contribution is 2.38. The molecule has 1 unspecified atom stereocenters. The van der Waals surface area contributed by atoms with Gasteiger partial charge in [0.05, 0.1) is 12.2 Å². The van der Waals surface area contributed by atoms with Crippen molar-refractivity contribution in [3.63, 3.8) is 0 Å². The normalized spacial score (nSPS) is 13.6. The van der Waals surface area contributed by atoms with Gasteiger partial charge in [0.1, 0.15) is 10.7 Å². The first-order valence-electron chi connectivity index (χ1n) is 14.2. The number of nitrogens with zero attached hydrogens (tertiary/aromatic N) is 1. The summed E-state index contributed by atoms with van der Waals surface area (Å²) in [5.74, 6) is -1.84. The lowest BCUT2D eigenvalue weighted by molar-refractivity contribution is -0.123. The lowest BCUT2D eigenvalue weighted by Gasteiger charge is -2.19. The van der Waals surface area contributed by atoms with Crippen LogP contribution in [0.15, 0.2) is 53.3 Å². The summed E-state index contributed by atoms with van der Waals surface area (Å²) in [6.07, 6.45) is 3.45. The van der Waals surface area contributed by atoms with Crippen molar-refractivity contribution >= 4 is 45.0 Å². The van der Waals surface area contributed by atoms with Crippen LogP contribution in [0.2, 0.25) is 0 Å². The van der Waals surface area contributed by atoms with Gasteiger partial charge in [0.25, 0.3) is 11.5 Å². The maximum absolute atomic E-state index is 13.7. The summed E-state index contributed by atoms with van der Waals surface area (Å²) in [6, 6.07) is 14.8. The van der Waals surface area contributed by atoms with Crippen LogP contribution in [0.3, 0.4) is 0 Å². The van der Waals surface area contributed by atoms with Gasteiger partial charge >= 0.3 is 11.9 Å². The van der Waals surface area contributed by atoms with E-state index in [0.717, 1.165) is 53.7 Å². The number of amides is 1. The molecule has 0 bridgehead atoms. The second kappa shape index (κ2) is 12.3. The van der Waals surface area contributed by atoms with Gasteiger partial charge < -0.3 is 19.4 Å². The van der Waals surface area contributed by atoms with E-state index >= 15 is 0 Å². The quantitative estimate of drug-likeness (QED) is 0.204. The van der Waals surface area contributed by atoms with Gasteiger partial charge in [-0.05, 0) is 69.0 Å². The number of carbonyl (C=O) groups excluding carboxylic acids is 3. The predicted molar refractivity (Wildman–Crippen MR) is 164 cm³/mol. The monoisotopic (exact) mass is 586 g/mol. The molecule has 0 aliphatic heterocycles. The summed E-state index contributed by atoms with van der Waals surface area (Å²) in [7, 11) is 1.53. The molecule has 218 valence electrons. The number of ether oxygens (including phenoxy) is 2. The predicted octanol–water partition coefficient (Wildman–Crippen LogP) is 6.21. The van der Waals surface area contributed by atoms with E-state index in [2.05, 4.69) is 5.32 Å². The van der Waals surface area contributed by atoms with Gasteiger partial charge in [0.2, 0.25) is 0 Å². The average molecular weight is 587 g/mol. The third-order valence-corrected chi connectivity index (χ3v) is 8.84. The van der Waals surface area contributed by atoms with Crippen molar-refractivity contribution < 1.29 is 23.9 Å². The SMILES string of the molecule is CCOC(=O)c1c(NC(=O)C(C)OC(=O)c2c(-c3ccc(C)cc3)c3ccccc3c(=O)n2C)sc2c1CCCCC2. The van der Waals surface area contributed by atoms with Crippen molar-refractivity contribution in [3.05, 3.63) is 86.1 Å². The summed E-state index contributed by atoms with van der Waals surface area (Å²) < 4.78 is 12.3. The second-order valence-corrected chi connectivity index (χ2v) is 11.6. The highest BCUT2D eigenvalue weighted by atomic mass is 32.1. The molecule has 1 N–H and O–H groups in total. The zero-order valence-electron chi connectivity index (χ0n) is 24.2. The molecule has 2 heterocycles. The Labute approximate surface area is 248 Å². The van der Waals surface area contributed by atoms with Crippen LogP contribution >= 0.6 is 11.3 Å². The number of esters is 2. The van der Waals surface area contributed by atoms with E-state index in [0.29, 0.717) is 26.9 Å². The summed E-state index contributed by atoms with van der Waals surface area (Å²) in [6.45, 7) is 5.41. The highest BCUT2D eigenvalue weighted by Gasteiger charge is 2.30. The molecule has 5 rings (SSSR count). The van der Waals surface area contributed by atoms with E-state index in [1.54, 1.807) is 25.1 Å². The molecule has 2 aromatic carbocycles. The van der Waals surface area contributed by atoms with Crippen LogP contribution in [0.25, 0.3) is 21.9 Å². The molecule has 0 spiro atoms. The fraction of sp³-hybridized carbons (Fsp3) is 0.333. The molecular formula is C33H34N2O6S. The standard InChI is InChI=1S/C33H34N2O6S/c1-5-40-32(38)27-24-13-7-6-8-14-25(24)42-30(27)34-29(36)20(3)41-33(39)28-26(21-17-15-19(2)16-18-21)22-11-9-10-12-23(22)31(37)35(28)4/h9-12,15-18,20H,5-8,13-14H2,1-4H3,(H,34,36). The Morgan fingerprint density at radius 1 is 0.976 bits per heavy atom.